The molecule has 4 aliphatic rings. The van der Waals surface area contributed by atoms with Crippen LogP contribution < -0.4 is 0 Å². The van der Waals surface area contributed by atoms with Crippen molar-refractivity contribution in [1.82, 2.24) is 9.78 Å². The van der Waals surface area contributed by atoms with Crippen LogP contribution in [0.2, 0.25) is 0 Å². The number of nitrogens with zero attached hydrogens (tertiary/aromatic N) is 3. The van der Waals surface area contributed by atoms with E-state index in [0.29, 0.717) is 30.6 Å². The van der Waals surface area contributed by atoms with Crippen LogP contribution in [-0.4, -0.2) is 46.9 Å². The van der Waals surface area contributed by atoms with Crippen molar-refractivity contribution in [2.24, 2.45) is 40.9 Å². The van der Waals surface area contributed by atoms with E-state index in [9.17, 15) is 10.4 Å². The molecule has 6 nitrogen and oxygen atoms in total. The molecule has 1 aromatic heterocycles. The molecule has 6 heteroatoms. The van der Waals surface area contributed by atoms with Gasteiger partial charge in [-0.2, -0.15) is 10.4 Å². The summed E-state index contributed by atoms with van der Waals surface area (Å²) in [4.78, 5) is 0. The molecule has 4 saturated carbocycles. The second kappa shape index (κ2) is 8.91. The highest BCUT2D eigenvalue weighted by atomic mass is 16.5. The number of hydrogen-bond donors (Lipinski definition) is 1. The van der Waals surface area contributed by atoms with Crippen molar-refractivity contribution in [2.75, 3.05) is 20.8 Å². The molecule has 1 aromatic rings. The molecule has 1 N–H and O–H groups in total. The quantitative estimate of drug-likeness (QED) is 0.647. The molecule has 1 unspecified atom stereocenters. The molecule has 1 heterocycles. The van der Waals surface area contributed by atoms with Crippen molar-refractivity contribution in [2.45, 2.75) is 89.4 Å². The maximum Gasteiger partial charge on any atom is 0.102 e. The van der Waals surface area contributed by atoms with Crippen LogP contribution in [0.15, 0.2) is 12.4 Å². The van der Waals surface area contributed by atoms with Gasteiger partial charge in [-0.3, -0.25) is 4.68 Å². The third kappa shape index (κ3) is 3.92. The number of ether oxygens (including phenoxy) is 2. The Bertz CT molecular complexity index is 926. The molecule has 0 spiro atoms. The number of nitriles is 1. The number of hydrogen-bond acceptors (Lipinski definition) is 5. The maximum atomic E-state index is 11.0. The SMILES string of the molecule is COC[C@@]1(O)CC[C@H]2[C@H](CC[C@@H]3[C@@H]2CC[C@]2(C)[C@@H](C(C)(Cn4cc(C#N)cn4)OC)CC[C@@H]32)C1. The van der Waals surface area contributed by atoms with Crippen LogP contribution >= 0.6 is 0 Å². The lowest BCUT2D eigenvalue weighted by molar-refractivity contribution is -0.144. The molecule has 0 bridgehead atoms. The summed E-state index contributed by atoms with van der Waals surface area (Å²) in [6.45, 7) is 5.99. The van der Waals surface area contributed by atoms with E-state index in [1.807, 2.05) is 18.0 Å². The van der Waals surface area contributed by atoms with Gasteiger partial charge in [0.1, 0.15) is 6.07 Å². The van der Waals surface area contributed by atoms with Gasteiger partial charge in [0, 0.05) is 20.4 Å². The molecule has 0 amide bonds. The van der Waals surface area contributed by atoms with Gasteiger partial charge < -0.3 is 14.6 Å². The Morgan fingerprint density at radius 3 is 2.65 bits per heavy atom. The first kappa shape index (κ1) is 24.3. The van der Waals surface area contributed by atoms with E-state index in [1.54, 1.807) is 13.3 Å². The van der Waals surface area contributed by atoms with E-state index in [2.05, 4.69) is 25.0 Å². The zero-order chi connectivity index (χ0) is 24.1. The molecule has 5 rings (SSSR count). The molecule has 0 saturated heterocycles. The van der Waals surface area contributed by atoms with Crippen molar-refractivity contribution >= 4 is 0 Å². The second-order valence-electron chi connectivity index (χ2n) is 12.6. The minimum absolute atomic E-state index is 0.287. The molecule has 0 aliphatic heterocycles. The third-order valence-electron chi connectivity index (χ3n) is 11.0. The Morgan fingerprint density at radius 2 is 1.94 bits per heavy atom. The van der Waals surface area contributed by atoms with E-state index >= 15 is 0 Å². The number of rotatable bonds is 6. The van der Waals surface area contributed by atoms with Crippen LogP contribution in [0.25, 0.3) is 0 Å². The van der Waals surface area contributed by atoms with Crippen LogP contribution in [0.4, 0.5) is 0 Å². The molecule has 188 valence electrons. The van der Waals surface area contributed by atoms with Crippen molar-refractivity contribution in [3.8, 4) is 6.07 Å². The Labute approximate surface area is 205 Å². The zero-order valence-corrected chi connectivity index (χ0v) is 21.5. The van der Waals surface area contributed by atoms with Crippen molar-refractivity contribution in [3.63, 3.8) is 0 Å². The van der Waals surface area contributed by atoms with Crippen LogP contribution in [0.3, 0.4) is 0 Å². The first-order chi connectivity index (χ1) is 16.2. The van der Waals surface area contributed by atoms with Crippen molar-refractivity contribution < 1.29 is 14.6 Å². The minimum Gasteiger partial charge on any atom is -0.387 e. The second-order valence-corrected chi connectivity index (χ2v) is 12.6. The van der Waals surface area contributed by atoms with E-state index < -0.39 is 5.60 Å². The smallest absolute Gasteiger partial charge is 0.102 e. The molecule has 9 atom stereocenters. The predicted octanol–water partition coefficient (Wildman–Crippen LogP) is 4.81. The lowest BCUT2D eigenvalue weighted by Gasteiger charge is -2.58. The standard InChI is InChI=1S/C28H43N3O3/c1-26-11-9-22-21-10-12-28(32,18-33-3)13-20(21)5-6-23(22)24(26)7-8-25(26)27(2,34-4)17-31-16-19(14-29)15-30-31/h15-16,20-25,32H,5-13,17-18H2,1-4H3/t20-,21+,22-,23-,24+,25+,26+,27?,28-/m1/s1. The number of fused-ring (bicyclic) bond motifs is 5. The lowest BCUT2D eigenvalue weighted by atomic mass is 9.48. The van der Waals surface area contributed by atoms with Crippen LogP contribution in [0.1, 0.15) is 77.2 Å². The van der Waals surface area contributed by atoms with Crippen molar-refractivity contribution in [3.05, 3.63) is 18.0 Å². The Kier molecular flexibility index (Phi) is 6.36. The summed E-state index contributed by atoms with van der Waals surface area (Å²) in [5, 5.41) is 24.7. The Hall–Kier alpha value is -1.42. The monoisotopic (exact) mass is 469 g/mol. The summed E-state index contributed by atoms with van der Waals surface area (Å²) >= 11 is 0. The summed E-state index contributed by atoms with van der Waals surface area (Å²) in [7, 11) is 3.56. The highest BCUT2D eigenvalue weighted by Crippen LogP contribution is 2.66. The normalized spacial score (nSPS) is 43.3. The largest absolute Gasteiger partial charge is 0.387 e. The van der Waals surface area contributed by atoms with E-state index in [1.165, 1.54) is 38.5 Å². The van der Waals surface area contributed by atoms with Gasteiger partial charge in [-0.1, -0.05) is 6.92 Å². The summed E-state index contributed by atoms with van der Waals surface area (Å²) in [5.41, 5.74) is -0.0118. The van der Waals surface area contributed by atoms with Crippen LogP contribution in [0, 0.1) is 52.3 Å². The Morgan fingerprint density at radius 1 is 1.15 bits per heavy atom. The van der Waals surface area contributed by atoms with Crippen LogP contribution in [0.5, 0.6) is 0 Å². The maximum absolute atomic E-state index is 11.0. The molecular weight excluding hydrogens is 426 g/mol. The molecule has 34 heavy (non-hydrogen) atoms. The topological polar surface area (TPSA) is 80.3 Å². The van der Waals surface area contributed by atoms with Gasteiger partial charge in [0.05, 0.1) is 36.1 Å². The van der Waals surface area contributed by atoms with Crippen LogP contribution in [-0.2, 0) is 16.0 Å². The van der Waals surface area contributed by atoms with E-state index in [4.69, 9.17) is 9.47 Å². The molecule has 4 fully saturated rings. The van der Waals surface area contributed by atoms with Gasteiger partial charge in [0.25, 0.3) is 0 Å². The number of methoxy groups -OCH3 is 2. The predicted molar refractivity (Wildman–Crippen MR) is 130 cm³/mol. The van der Waals surface area contributed by atoms with Gasteiger partial charge in [-0.15, -0.1) is 0 Å². The molecule has 4 aliphatic carbocycles. The average Bonchev–Trinajstić information content (AvgIpc) is 3.42. The zero-order valence-electron chi connectivity index (χ0n) is 21.5. The fourth-order valence-corrected chi connectivity index (χ4v) is 9.51. The van der Waals surface area contributed by atoms with Gasteiger partial charge >= 0.3 is 0 Å². The highest BCUT2D eigenvalue weighted by molar-refractivity contribution is 5.22. The molecule has 0 aromatic carbocycles. The van der Waals surface area contributed by atoms with Gasteiger partial charge in [0.15, 0.2) is 0 Å². The highest BCUT2D eigenvalue weighted by Gasteiger charge is 2.61. The average molecular weight is 470 g/mol. The first-order valence-electron chi connectivity index (χ1n) is 13.4. The first-order valence-corrected chi connectivity index (χ1v) is 13.4. The fraction of sp³-hybridized carbons (Fsp3) is 0.857. The third-order valence-corrected chi connectivity index (χ3v) is 11.0. The summed E-state index contributed by atoms with van der Waals surface area (Å²) < 4.78 is 13.5. The van der Waals surface area contributed by atoms with Gasteiger partial charge in [-0.05, 0) is 106 Å². The van der Waals surface area contributed by atoms with Crippen molar-refractivity contribution in [1.29, 1.82) is 5.26 Å². The lowest BCUT2D eigenvalue weighted by Crippen LogP contribution is -2.54. The summed E-state index contributed by atoms with van der Waals surface area (Å²) in [6, 6.07) is 2.19. The summed E-state index contributed by atoms with van der Waals surface area (Å²) in [6.07, 6.45) is 14.2. The van der Waals surface area contributed by atoms with Gasteiger partial charge in [-0.25, -0.2) is 0 Å². The minimum atomic E-state index is -0.609. The summed E-state index contributed by atoms with van der Waals surface area (Å²) in [5.74, 6) is 4.33. The Balaban J connectivity index is 1.33. The van der Waals surface area contributed by atoms with E-state index in [-0.39, 0.29) is 11.0 Å². The molecular formula is C28H43N3O3. The number of aromatic nitrogens is 2. The number of aliphatic hydroxyl groups is 1. The molecule has 0 radical (unpaired) electrons. The van der Waals surface area contributed by atoms with E-state index in [0.717, 1.165) is 42.9 Å². The fourth-order valence-electron chi connectivity index (χ4n) is 9.51. The van der Waals surface area contributed by atoms with Gasteiger partial charge in [0.2, 0.25) is 0 Å².